The molecular formula is C16H19N5OS. The molecule has 3 aromatic rings. The summed E-state index contributed by atoms with van der Waals surface area (Å²) in [7, 11) is 1.68. The van der Waals surface area contributed by atoms with Crippen LogP contribution in [-0.2, 0) is 11.3 Å². The van der Waals surface area contributed by atoms with Gasteiger partial charge in [0, 0.05) is 37.1 Å². The number of rotatable bonds is 3. The third-order valence-electron chi connectivity index (χ3n) is 4.11. The van der Waals surface area contributed by atoms with E-state index in [0.717, 1.165) is 52.9 Å². The molecule has 0 spiro atoms. The number of nitrogens with zero attached hydrogens (tertiary/aromatic N) is 5. The largest absolute Gasteiger partial charge is 0.377 e. The first kappa shape index (κ1) is 14.7. The molecule has 0 bridgehead atoms. The summed E-state index contributed by atoms with van der Waals surface area (Å²) in [6.07, 6.45) is 0. The van der Waals surface area contributed by atoms with Gasteiger partial charge in [0.05, 0.1) is 5.52 Å². The Labute approximate surface area is 138 Å². The van der Waals surface area contributed by atoms with Crippen molar-refractivity contribution in [2.45, 2.75) is 13.5 Å². The monoisotopic (exact) mass is 329 g/mol. The highest BCUT2D eigenvalue weighted by molar-refractivity contribution is 7.99. The summed E-state index contributed by atoms with van der Waals surface area (Å²) in [4.78, 5) is 7.25. The maximum Gasteiger partial charge on any atom is 0.213 e. The molecule has 0 aliphatic carbocycles. The number of hydrogen-bond acceptors (Lipinski definition) is 6. The van der Waals surface area contributed by atoms with Gasteiger partial charge in [-0.05, 0) is 19.1 Å². The van der Waals surface area contributed by atoms with Gasteiger partial charge in [-0.2, -0.15) is 11.8 Å². The van der Waals surface area contributed by atoms with E-state index in [4.69, 9.17) is 9.72 Å². The lowest BCUT2D eigenvalue weighted by Gasteiger charge is -2.28. The quantitative estimate of drug-likeness (QED) is 0.735. The SMILES string of the molecule is COCc1nnc2c3cc(C)ccc3nc(N3CCSCC3)n12. The minimum atomic E-state index is 0.426. The van der Waals surface area contributed by atoms with Gasteiger partial charge in [-0.3, -0.25) is 0 Å². The van der Waals surface area contributed by atoms with E-state index in [-0.39, 0.29) is 0 Å². The molecule has 0 atom stereocenters. The average Bonchev–Trinajstić information content (AvgIpc) is 3.00. The molecule has 7 heteroatoms. The minimum Gasteiger partial charge on any atom is -0.377 e. The lowest BCUT2D eigenvalue weighted by atomic mass is 10.1. The Kier molecular flexibility index (Phi) is 3.82. The van der Waals surface area contributed by atoms with Gasteiger partial charge in [0.2, 0.25) is 5.95 Å². The van der Waals surface area contributed by atoms with Gasteiger partial charge in [0.25, 0.3) is 0 Å². The van der Waals surface area contributed by atoms with Crippen molar-refractivity contribution in [1.82, 2.24) is 19.6 Å². The number of thioether (sulfide) groups is 1. The first-order chi connectivity index (χ1) is 11.3. The van der Waals surface area contributed by atoms with Crippen LogP contribution in [0.2, 0.25) is 0 Å². The highest BCUT2D eigenvalue weighted by Gasteiger charge is 2.21. The smallest absolute Gasteiger partial charge is 0.213 e. The number of aryl methyl sites for hydroxylation is 1. The lowest BCUT2D eigenvalue weighted by molar-refractivity contribution is 0.177. The molecule has 120 valence electrons. The Balaban J connectivity index is 2.00. The molecule has 0 amide bonds. The average molecular weight is 329 g/mol. The zero-order valence-corrected chi connectivity index (χ0v) is 14.1. The molecule has 0 N–H and O–H groups in total. The molecular weight excluding hydrogens is 310 g/mol. The third-order valence-corrected chi connectivity index (χ3v) is 5.05. The van der Waals surface area contributed by atoms with E-state index >= 15 is 0 Å². The van der Waals surface area contributed by atoms with Crippen LogP contribution >= 0.6 is 11.8 Å². The van der Waals surface area contributed by atoms with Crippen LogP contribution in [0.4, 0.5) is 5.95 Å². The third kappa shape index (κ3) is 2.53. The molecule has 1 fully saturated rings. The first-order valence-corrected chi connectivity index (χ1v) is 8.89. The van der Waals surface area contributed by atoms with Gasteiger partial charge in [-0.15, -0.1) is 10.2 Å². The van der Waals surface area contributed by atoms with E-state index in [0.29, 0.717) is 6.61 Å². The van der Waals surface area contributed by atoms with Gasteiger partial charge in [0.15, 0.2) is 11.5 Å². The van der Waals surface area contributed by atoms with Crippen LogP contribution in [0.15, 0.2) is 18.2 Å². The summed E-state index contributed by atoms with van der Waals surface area (Å²) >= 11 is 1.99. The molecule has 6 nitrogen and oxygen atoms in total. The summed E-state index contributed by atoms with van der Waals surface area (Å²) in [5.74, 6) is 3.97. The standard InChI is InChI=1S/C16H19N5OS/c1-11-3-4-13-12(9-11)15-19-18-14(10-22-2)21(15)16(17-13)20-5-7-23-8-6-20/h3-4,9H,5-8,10H2,1-2H3. The van der Waals surface area contributed by atoms with Crippen LogP contribution in [0, 0.1) is 6.92 Å². The van der Waals surface area contributed by atoms with Crippen molar-refractivity contribution in [2.75, 3.05) is 36.6 Å². The maximum absolute atomic E-state index is 5.30. The van der Waals surface area contributed by atoms with Crippen LogP contribution in [0.25, 0.3) is 16.6 Å². The Morgan fingerprint density at radius 2 is 2.04 bits per heavy atom. The van der Waals surface area contributed by atoms with Crippen molar-refractivity contribution in [3.05, 3.63) is 29.6 Å². The molecule has 3 heterocycles. The predicted molar refractivity (Wildman–Crippen MR) is 93.3 cm³/mol. The number of ether oxygens (including phenoxy) is 1. The summed E-state index contributed by atoms with van der Waals surface area (Å²) in [5.41, 5.74) is 3.02. The molecule has 0 saturated carbocycles. The van der Waals surface area contributed by atoms with Gasteiger partial charge >= 0.3 is 0 Å². The molecule has 0 unspecified atom stereocenters. The lowest BCUT2D eigenvalue weighted by Crippen LogP contribution is -2.34. The van der Waals surface area contributed by atoms with E-state index in [2.05, 4.69) is 44.6 Å². The molecule has 23 heavy (non-hydrogen) atoms. The van der Waals surface area contributed by atoms with Crippen molar-refractivity contribution in [3.63, 3.8) is 0 Å². The van der Waals surface area contributed by atoms with Crippen molar-refractivity contribution in [1.29, 1.82) is 0 Å². The first-order valence-electron chi connectivity index (χ1n) is 7.74. The number of benzene rings is 1. The Bertz CT molecular complexity index is 856. The second-order valence-electron chi connectivity index (χ2n) is 5.74. The Morgan fingerprint density at radius 1 is 1.22 bits per heavy atom. The van der Waals surface area contributed by atoms with E-state index in [1.807, 2.05) is 11.8 Å². The summed E-state index contributed by atoms with van der Waals surface area (Å²) < 4.78 is 7.36. The van der Waals surface area contributed by atoms with Gasteiger partial charge < -0.3 is 9.64 Å². The van der Waals surface area contributed by atoms with Crippen LogP contribution < -0.4 is 4.90 Å². The second-order valence-corrected chi connectivity index (χ2v) is 6.96. The number of methoxy groups -OCH3 is 1. The van der Waals surface area contributed by atoms with Crippen LogP contribution in [-0.4, -0.2) is 51.3 Å². The zero-order valence-electron chi connectivity index (χ0n) is 13.3. The van der Waals surface area contributed by atoms with Gasteiger partial charge in [-0.1, -0.05) is 11.6 Å². The van der Waals surface area contributed by atoms with Crippen molar-refractivity contribution in [2.24, 2.45) is 0 Å². The molecule has 1 saturated heterocycles. The molecule has 1 aliphatic heterocycles. The van der Waals surface area contributed by atoms with E-state index in [1.54, 1.807) is 7.11 Å². The molecule has 4 rings (SSSR count). The Hall–Kier alpha value is -1.86. The van der Waals surface area contributed by atoms with E-state index in [1.165, 1.54) is 5.56 Å². The highest BCUT2D eigenvalue weighted by atomic mass is 32.2. The number of anilines is 1. The van der Waals surface area contributed by atoms with Gasteiger partial charge in [0.1, 0.15) is 6.61 Å². The van der Waals surface area contributed by atoms with Gasteiger partial charge in [-0.25, -0.2) is 9.38 Å². The number of hydrogen-bond donors (Lipinski definition) is 0. The fourth-order valence-corrected chi connectivity index (χ4v) is 3.89. The molecule has 2 aromatic heterocycles. The summed E-state index contributed by atoms with van der Waals surface area (Å²) in [6.45, 7) is 4.50. The minimum absolute atomic E-state index is 0.426. The fraction of sp³-hybridized carbons (Fsp3) is 0.438. The van der Waals surface area contributed by atoms with Crippen LogP contribution in [0.5, 0.6) is 0 Å². The summed E-state index contributed by atoms with van der Waals surface area (Å²) in [6, 6.07) is 6.28. The van der Waals surface area contributed by atoms with Crippen LogP contribution in [0.1, 0.15) is 11.4 Å². The Morgan fingerprint density at radius 3 is 2.83 bits per heavy atom. The topological polar surface area (TPSA) is 55.6 Å². The normalized spacial score (nSPS) is 15.7. The molecule has 0 radical (unpaired) electrons. The van der Waals surface area contributed by atoms with Crippen molar-refractivity contribution in [3.8, 4) is 0 Å². The van der Waals surface area contributed by atoms with E-state index < -0.39 is 0 Å². The van der Waals surface area contributed by atoms with E-state index in [9.17, 15) is 0 Å². The van der Waals surface area contributed by atoms with Crippen molar-refractivity contribution < 1.29 is 4.74 Å². The fourth-order valence-electron chi connectivity index (χ4n) is 2.98. The highest BCUT2D eigenvalue weighted by Crippen LogP contribution is 2.26. The zero-order chi connectivity index (χ0) is 15.8. The second kappa shape index (κ2) is 5.98. The number of aromatic nitrogens is 4. The molecule has 1 aliphatic rings. The van der Waals surface area contributed by atoms with Crippen LogP contribution in [0.3, 0.4) is 0 Å². The maximum atomic E-state index is 5.30. The summed E-state index contributed by atoms with van der Waals surface area (Å²) in [5, 5.41) is 9.80. The number of fused-ring (bicyclic) bond motifs is 3. The van der Waals surface area contributed by atoms with Crippen molar-refractivity contribution >= 4 is 34.3 Å². The molecule has 1 aromatic carbocycles. The predicted octanol–water partition coefficient (Wildman–Crippen LogP) is 2.29.